The topological polar surface area (TPSA) is 21.3 Å². The fourth-order valence-electron chi connectivity index (χ4n) is 2.01. The molecule has 0 bridgehead atoms. The molecule has 1 aromatic rings. The zero-order chi connectivity index (χ0) is 11.5. The van der Waals surface area contributed by atoms with Gasteiger partial charge in [-0.1, -0.05) is 41.9 Å². The molecule has 1 saturated heterocycles. The quantitative estimate of drug-likeness (QED) is 0.900. The van der Waals surface area contributed by atoms with Gasteiger partial charge in [0.05, 0.1) is 19.3 Å². The van der Waals surface area contributed by atoms with Crippen LogP contribution in [0.1, 0.15) is 36.9 Å². The number of hydrogen-bond acceptors (Lipinski definition) is 2. The van der Waals surface area contributed by atoms with Crippen molar-refractivity contribution in [2.24, 2.45) is 0 Å². The molecule has 1 N–H and O–H groups in total. The molecule has 2 rings (SSSR count). The van der Waals surface area contributed by atoms with E-state index in [0.29, 0.717) is 12.0 Å². The minimum absolute atomic E-state index is 0.339. The molecule has 1 aliphatic heterocycles. The van der Waals surface area contributed by atoms with E-state index in [0.717, 1.165) is 19.8 Å². The number of morpholine rings is 1. The predicted octanol–water partition coefficient (Wildman–Crippen LogP) is 3.23. The summed E-state index contributed by atoms with van der Waals surface area (Å²) in [5.41, 5.74) is 2.66. The third kappa shape index (κ3) is 2.65. The van der Waals surface area contributed by atoms with Crippen LogP contribution in [0.4, 0.5) is 0 Å². The molecule has 1 fully saturated rings. The molecule has 1 unspecified atom stereocenters. The van der Waals surface area contributed by atoms with Gasteiger partial charge in [-0.2, -0.15) is 0 Å². The number of nitrogens with one attached hydrogen (secondary N) is 1. The third-order valence-corrected chi connectivity index (χ3v) is 3.66. The first kappa shape index (κ1) is 12.1. The third-order valence-electron chi connectivity index (χ3n) is 2.97. The Kier molecular flexibility index (Phi) is 4.00. The van der Waals surface area contributed by atoms with Gasteiger partial charge in [-0.3, -0.25) is 0 Å². The molecule has 1 atom stereocenters. The highest BCUT2D eigenvalue weighted by Gasteiger charge is 2.16. The zero-order valence-corrected chi connectivity index (χ0v) is 11.4. The van der Waals surface area contributed by atoms with E-state index in [-0.39, 0.29) is 0 Å². The van der Waals surface area contributed by atoms with E-state index in [9.17, 15) is 0 Å². The highest BCUT2D eigenvalue weighted by atomic mass is 79.9. The van der Waals surface area contributed by atoms with Crippen LogP contribution in [0.3, 0.4) is 0 Å². The fraction of sp³-hybridized carbons (Fsp3) is 0.538. The second kappa shape index (κ2) is 5.30. The number of hydrogen-bond donors (Lipinski definition) is 1. The molecule has 1 aromatic carbocycles. The van der Waals surface area contributed by atoms with Crippen LogP contribution in [0.15, 0.2) is 22.7 Å². The average Bonchev–Trinajstić information content (AvgIpc) is 2.29. The van der Waals surface area contributed by atoms with Crippen LogP contribution in [0.25, 0.3) is 0 Å². The van der Waals surface area contributed by atoms with E-state index >= 15 is 0 Å². The monoisotopic (exact) mass is 283 g/mol. The van der Waals surface area contributed by atoms with E-state index in [1.165, 1.54) is 15.6 Å². The summed E-state index contributed by atoms with van der Waals surface area (Å²) in [5, 5.41) is 3.47. The first-order chi connectivity index (χ1) is 7.68. The van der Waals surface area contributed by atoms with E-state index in [2.05, 4.69) is 53.3 Å². The molecule has 16 heavy (non-hydrogen) atoms. The van der Waals surface area contributed by atoms with Gasteiger partial charge < -0.3 is 10.1 Å². The predicted molar refractivity (Wildman–Crippen MR) is 69.8 cm³/mol. The van der Waals surface area contributed by atoms with Gasteiger partial charge in [0.1, 0.15) is 0 Å². The van der Waals surface area contributed by atoms with Crippen molar-refractivity contribution >= 4 is 15.9 Å². The lowest BCUT2D eigenvalue weighted by Crippen LogP contribution is -2.34. The Morgan fingerprint density at radius 1 is 1.44 bits per heavy atom. The standard InChI is InChI=1S/C13H18BrNO/c1-9(2)11-4-3-10(7-12(11)14)13-8-16-6-5-15-13/h3-4,7,9,13,15H,5-6,8H2,1-2H3. The lowest BCUT2D eigenvalue weighted by atomic mass is 9.99. The summed E-state index contributed by atoms with van der Waals surface area (Å²) in [5.74, 6) is 0.555. The SMILES string of the molecule is CC(C)c1ccc(C2COCCN2)cc1Br. The van der Waals surface area contributed by atoms with Gasteiger partial charge in [0, 0.05) is 11.0 Å². The Balaban J connectivity index is 2.19. The highest BCUT2D eigenvalue weighted by molar-refractivity contribution is 9.10. The molecule has 88 valence electrons. The molecule has 0 aromatic heterocycles. The van der Waals surface area contributed by atoms with Crippen molar-refractivity contribution in [1.29, 1.82) is 0 Å². The summed E-state index contributed by atoms with van der Waals surface area (Å²) in [6.45, 7) is 6.95. The van der Waals surface area contributed by atoms with Crippen molar-refractivity contribution in [3.05, 3.63) is 33.8 Å². The van der Waals surface area contributed by atoms with Gasteiger partial charge in [0.25, 0.3) is 0 Å². The molecule has 2 nitrogen and oxygen atoms in total. The number of rotatable bonds is 2. The normalized spacial score (nSPS) is 21.4. The number of halogens is 1. The molecule has 0 amide bonds. The summed E-state index contributed by atoms with van der Waals surface area (Å²) in [7, 11) is 0. The molecular weight excluding hydrogens is 266 g/mol. The Hall–Kier alpha value is -0.380. The van der Waals surface area contributed by atoms with Crippen LogP contribution in [0, 0.1) is 0 Å². The minimum atomic E-state index is 0.339. The summed E-state index contributed by atoms with van der Waals surface area (Å²) in [4.78, 5) is 0. The van der Waals surface area contributed by atoms with Crippen LogP contribution in [0.2, 0.25) is 0 Å². The number of ether oxygens (including phenoxy) is 1. The van der Waals surface area contributed by atoms with Gasteiger partial charge in [0.2, 0.25) is 0 Å². The van der Waals surface area contributed by atoms with Gasteiger partial charge in [0.15, 0.2) is 0 Å². The molecule has 0 radical (unpaired) electrons. The number of benzene rings is 1. The van der Waals surface area contributed by atoms with Crippen LogP contribution in [0.5, 0.6) is 0 Å². The second-order valence-electron chi connectivity index (χ2n) is 4.52. The summed E-state index contributed by atoms with van der Waals surface area (Å²) in [6, 6.07) is 6.96. The first-order valence-electron chi connectivity index (χ1n) is 5.79. The summed E-state index contributed by atoms with van der Waals surface area (Å²) in [6.07, 6.45) is 0. The smallest absolute Gasteiger partial charge is 0.0662 e. The van der Waals surface area contributed by atoms with Gasteiger partial charge in [-0.15, -0.1) is 0 Å². The van der Waals surface area contributed by atoms with Crippen LogP contribution in [-0.2, 0) is 4.74 Å². The minimum Gasteiger partial charge on any atom is -0.378 e. The lowest BCUT2D eigenvalue weighted by molar-refractivity contribution is 0.0768. The van der Waals surface area contributed by atoms with Crippen LogP contribution < -0.4 is 5.32 Å². The second-order valence-corrected chi connectivity index (χ2v) is 5.37. The fourth-order valence-corrected chi connectivity index (χ4v) is 2.86. The maximum Gasteiger partial charge on any atom is 0.0662 e. The van der Waals surface area contributed by atoms with E-state index in [1.54, 1.807) is 0 Å². The first-order valence-corrected chi connectivity index (χ1v) is 6.58. The molecular formula is C13H18BrNO. The lowest BCUT2D eigenvalue weighted by Gasteiger charge is -2.25. The maximum absolute atomic E-state index is 5.48. The van der Waals surface area contributed by atoms with Crippen molar-refractivity contribution in [2.75, 3.05) is 19.8 Å². The molecule has 1 aliphatic rings. The van der Waals surface area contributed by atoms with E-state index < -0.39 is 0 Å². The Morgan fingerprint density at radius 3 is 2.81 bits per heavy atom. The summed E-state index contributed by atoms with van der Waals surface area (Å²) < 4.78 is 6.68. The van der Waals surface area contributed by atoms with Gasteiger partial charge in [-0.05, 0) is 23.1 Å². The van der Waals surface area contributed by atoms with Crippen molar-refractivity contribution in [1.82, 2.24) is 5.32 Å². The molecule has 3 heteroatoms. The zero-order valence-electron chi connectivity index (χ0n) is 9.79. The Labute approximate surface area is 106 Å². The van der Waals surface area contributed by atoms with Crippen molar-refractivity contribution in [3.8, 4) is 0 Å². The largest absolute Gasteiger partial charge is 0.378 e. The molecule has 0 aliphatic carbocycles. The highest BCUT2D eigenvalue weighted by Crippen LogP contribution is 2.28. The molecule has 0 spiro atoms. The van der Waals surface area contributed by atoms with E-state index in [1.807, 2.05) is 0 Å². The van der Waals surface area contributed by atoms with E-state index in [4.69, 9.17) is 4.74 Å². The Morgan fingerprint density at radius 2 is 2.25 bits per heavy atom. The van der Waals surface area contributed by atoms with Crippen molar-refractivity contribution in [2.45, 2.75) is 25.8 Å². The van der Waals surface area contributed by atoms with Crippen LogP contribution in [-0.4, -0.2) is 19.8 Å². The van der Waals surface area contributed by atoms with Crippen molar-refractivity contribution < 1.29 is 4.74 Å². The molecule has 1 heterocycles. The van der Waals surface area contributed by atoms with Crippen LogP contribution >= 0.6 is 15.9 Å². The summed E-state index contributed by atoms with van der Waals surface area (Å²) >= 11 is 3.65. The van der Waals surface area contributed by atoms with Gasteiger partial charge in [-0.25, -0.2) is 0 Å². The van der Waals surface area contributed by atoms with Crippen molar-refractivity contribution in [3.63, 3.8) is 0 Å². The maximum atomic E-state index is 5.48. The Bertz CT molecular complexity index is 359. The van der Waals surface area contributed by atoms with Gasteiger partial charge >= 0.3 is 0 Å². The average molecular weight is 284 g/mol. The molecule has 0 saturated carbocycles.